The number of carboxylic acids is 1. The Bertz CT molecular complexity index is 439. The number of carboxylic acid groups (broad SMARTS) is 1. The van der Waals surface area contributed by atoms with Gasteiger partial charge in [-0.15, -0.1) is 0 Å². The van der Waals surface area contributed by atoms with E-state index >= 15 is 0 Å². The fourth-order valence-electron chi connectivity index (χ4n) is 1.82. The molecule has 106 valence electrons. The molecule has 1 aromatic rings. The Labute approximate surface area is 116 Å². The summed E-state index contributed by atoms with van der Waals surface area (Å²) in [5.41, 5.74) is 1.41. The lowest BCUT2D eigenvalue weighted by molar-refractivity contribution is -0.138. The first-order valence-electron chi connectivity index (χ1n) is 5.96. The topological polar surface area (TPSA) is 89.8 Å². The summed E-state index contributed by atoms with van der Waals surface area (Å²) in [5, 5.41) is 31.2. The molecule has 0 radical (unpaired) electrons. The van der Waals surface area contributed by atoms with Crippen molar-refractivity contribution in [3.63, 3.8) is 0 Å². The number of benzene rings is 1. The van der Waals surface area contributed by atoms with Crippen molar-refractivity contribution in [2.24, 2.45) is 0 Å². The number of rotatable bonds is 7. The highest BCUT2D eigenvalue weighted by atomic mass is 35.5. The van der Waals surface area contributed by atoms with Crippen molar-refractivity contribution < 1.29 is 20.1 Å². The zero-order valence-corrected chi connectivity index (χ0v) is 11.4. The molecule has 0 aliphatic carbocycles. The molecule has 6 heteroatoms. The highest BCUT2D eigenvalue weighted by Gasteiger charge is 2.23. The van der Waals surface area contributed by atoms with Gasteiger partial charge in [-0.1, -0.05) is 23.7 Å². The summed E-state index contributed by atoms with van der Waals surface area (Å²) in [6, 6.07) is 4.39. The monoisotopic (exact) mass is 287 g/mol. The molecule has 1 rings (SSSR count). The van der Waals surface area contributed by atoms with E-state index in [9.17, 15) is 9.90 Å². The molecule has 0 saturated carbocycles. The molecule has 5 nitrogen and oxygen atoms in total. The summed E-state index contributed by atoms with van der Waals surface area (Å²) in [5.74, 6) is -1.01. The molecule has 2 unspecified atom stereocenters. The van der Waals surface area contributed by atoms with Crippen LogP contribution in [0.15, 0.2) is 18.2 Å². The molecule has 4 N–H and O–H groups in total. The summed E-state index contributed by atoms with van der Waals surface area (Å²) in [6.45, 7) is 1.91. The quantitative estimate of drug-likeness (QED) is 0.603. The number of aliphatic hydroxyl groups is 2. The molecule has 2 atom stereocenters. The second-order valence-electron chi connectivity index (χ2n) is 4.34. The molecule has 1 aromatic carbocycles. The second-order valence-corrected chi connectivity index (χ2v) is 4.74. The molecule has 0 amide bonds. The van der Waals surface area contributed by atoms with Gasteiger partial charge in [0.2, 0.25) is 0 Å². The molecule has 0 bridgehead atoms. The van der Waals surface area contributed by atoms with Crippen LogP contribution in [0.3, 0.4) is 0 Å². The lowest BCUT2D eigenvalue weighted by Gasteiger charge is -2.23. The Hall–Kier alpha value is -1.14. The van der Waals surface area contributed by atoms with Gasteiger partial charge in [-0.05, 0) is 24.1 Å². The Morgan fingerprint density at radius 2 is 2.16 bits per heavy atom. The first-order valence-corrected chi connectivity index (χ1v) is 6.33. The van der Waals surface area contributed by atoms with Crippen molar-refractivity contribution in [1.82, 2.24) is 5.32 Å². The molecular formula is C13H18ClNO4. The first-order chi connectivity index (χ1) is 8.95. The van der Waals surface area contributed by atoms with Crippen molar-refractivity contribution in [3.05, 3.63) is 34.3 Å². The minimum Gasteiger partial charge on any atom is -0.481 e. The summed E-state index contributed by atoms with van der Waals surface area (Å²) < 4.78 is 0. The number of hydrogen-bond acceptors (Lipinski definition) is 4. The number of halogens is 1. The minimum absolute atomic E-state index is 0.123. The number of aliphatic carboxylic acids is 1. The predicted octanol–water partition coefficient (Wildman–Crippen LogP) is 1.11. The Morgan fingerprint density at radius 1 is 1.47 bits per heavy atom. The number of nitrogens with one attached hydrogen (secondary N) is 1. The summed E-state index contributed by atoms with van der Waals surface area (Å²) in [6.07, 6.45) is -1.21. The Kier molecular flexibility index (Phi) is 6.24. The SMILES string of the molecule is Cc1cc(C(O)C(CC(=O)O)NCCO)ccc1Cl. The van der Waals surface area contributed by atoms with Crippen LogP contribution in [0, 0.1) is 6.92 Å². The van der Waals surface area contributed by atoms with Crippen LogP contribution in [0.4, 0.5) is 0 Å². The van der Waals surface area contributed by atoms with E-state index in [-0.39, 0.29) is 19.6 Å². The van der Waals surface area contributed by atoms with Crippen LogP contribution in [0.1, 0.15) is 23.7 Å². The maximum atomic E-state index is 10.8. The van der Waals surface area contributed by atoms with Crippen molar-refractivity contribution in [3.8, 4) is 0 Å². The smallest absolute Gasteiger partial charge is 0.305 e. The van der Waals surface area contributed by atoms with Gasteiger partial charge in [-0.25, -0.2) is 0 Å². The predicted molar refractivity (Wildman–Crippen MR) is 72.3 cm³/mol. The van der Waals surface area contributed by atoms with Crippen molar-refractivity contribution in [2.45, 2.75) is 25.5 Å². The molecule has 19 heavy (non-hydrogen) atoms. The van der Waals surface area contributed by atoms with Gasteiger partial charge >= 0.3 is 5.97 Å². The molecule has 0 heterocycles. The van der Waals surface area contributed by atoms with Gasteiger partial charge in [-0.3, -0.25) is 4.79 Å². The normalized spacial score (nSPS) is 14.1. The molecule has 0 aliphatic rings. The third kappa shape index (κ3) is 4.80. The Morgan fingerprint density at radius 3 is 2.68 bits per heavy atom. The maximum absolute atomic E-state index is 10.8. The third-order valence-corrected chi connectivity index (χ3v) is 3.24. The van der Waals surface area contributed by atoms with Crippen molar-refractivity contribution >= 4 is 17.6 Å². The zero-order chi connectivity index (χ0) is 14.4. The number of carbonyl (C=O) groups is 1. The summed E-state index contributed by atoms with van der Waals surface area (Å²) in [7, 11) is 0. The molecule has 0 aromatic heterocycles. The fraction of sp³-hybridized carbons (Fsp3) is 0.462. The highest BCUT2D eigenvalue weighted by molar-refractivity contribution is 6.31. The third-order valence-electron chi connectivity index (χ3n) is 2.82. The molecule has 0 saturated heterocycles. The fourth-order valence-corrected chi connectivity index (χ4v) is 1.94. The zero-order valence-electron chi connectivity index (χ0n) is 10.6. The largest absolute Gasteiger partial charge is 0.481 e. The maximum Gasteiger partial charge on any atom is 0.305 e. The Balaban J connectivity index is 2.86. The standard InChI is InChI=1S/C13H18ClNO4/c1-8-6-9(2-3-10(8)14)13(19)11(7-12(17)18)15-4-5-16/h2-3,6,11,13,15-16,19H,4-5,7H2,1H3,(H,17,18). The van der Waals surface area contributed by atoms with E-state index in [2.05, 4.69) is 5.32 Å². The van der Waals surface area contributed by atoms with Crippen LogP contribution in [0.2, 0.25) is 5.02 Å². The average Bonchev–Trinajstić information content (AvgIpc) is 2.36. The van der Waals surface area contributed by atoms with Gasteiger partial charge in [-0.2, -0.15) is 0 Å². The number of aliphatic hydroxyl groups excluding tert-OH is 2. The number of aryl methyl sites for hydroxylation is 1. The van der Waals surface area contributed by atoms with Crippen LogP contribution in [0.5, 0.6) is 0 Å². The lowest BCUT2D eigenvalue weighted by Crippen LogP contribution is -2.38. The van der Waals surface area contributed by atoms with E-state index in [1.54, 1.807) is 18.2 Å². The van der Waals surface area contributed by atoms with Gasteiger partial charge in [0.1, 0.15) is 0 Å². The molecule has 0 fully saturated rings. The van der Waals surface area contributed by atoms with Crippen LogP contribution in [0.25, 0.3) is 0 Å². The van der Waals surface area contributed by atoms with Gasteiger partial charge in [0.05, 0.1) is 19.1 Å². The van der Waals surface area contributed by atoms with E-state index < -0.39 is 18.1 Å². The minimum atomic E-state index is -1.01. The van der Waals surface area contributed by atoms with Crippen molar-refractivity contribution in [1.29, 1.82) is 0 Å². The molecular weight excluding hydrogens is 270 g/mol. The number of hydrogen-bond donors (Lipinski definition) is 4. The lowest BCUT2D eigenvalue weighted by atomic mass is 9.98. The second kappa shape index (κ2) is 7.45. The molecule has 0 aliphatic heterocycles. The van der Waals surface area contributed by atoms with E-state index in [1.165, 1.54) is 0 Å². The highest BCUT2D eigenvalue weighted by Crippen LogP contribution is 2.24. The van der Waals surface area contributed by atoms with Crippen LogP contribution < -0.4 is 5.32 Å². The van der Waals surface area contributed by atoms with E-state index in [0.29, 0.717) is 10.6 Å². The van der Waals surface area contributed by atoms with Crippen molar-refractivity contribution in [2.75, 3.05) is 13.2 Å². The van der Waals surface area contributed by atoms with Crippen LogP contribution in [-0.4, -0.2) is 40.5 Å². The average molecular weight is 288 g/mol. The van der Waals surface area contributed by atoms with Gasteiger partial charge < -0.3 is 20.6 Å². The van der Waals surface area contributed by atoms with Gasteiger partial charge in [0.25, 0.3) is 0 Å². The van der Waals surface area contributed by atoms with Gasteiger partial charge in [0, 0.05) is 17.6 Å². The van der Waals surface area contributed by atoms with Crippen LogP contribution >= 0.6 is 11.6 Å². The van der Waals surface area contributed by atoms with E-state index in [1.807, 2.05) is 6.92 Å². The van der Waals surface area contributed by atoms with E-state index in [4.69, 9.17) is 21.8 Å². The van der Waals surface area contributed by atoms with Gasteiger partial charge in [0.15, 0.2) is 0 Å². The first kappa shape index (κ1) is 15.9. The summed E-state index contributed by atoms with van der Waals surface area (Å²) >= 11 is 5.91. The van der Waals surface area contributed by atoms with E-state index in [0.717, 1.165) is 5.56 Å². The molecule has 0 spiro atoms. The summed E-state index contributed by atoms with van der Waals surface area (Å²) in [4.78, 5) is 10.8. The van der Waals surface area contributed by atoms with Crippen LogP contribution in [-0.2, 0) is 4.79 Å².